The minimum atomic E-state index is -3.93. The highest BCUT2D eigenvalue weighted by atomic mass is 32.2. The van der Waals surface area contributed by atoms with Crippen LogP contribution >= 0.6 is 0 Å². The van der Waals surface area contributed by atoms with E-state index in [-0.39, 0.29) is 17.3 Å². The molecule has 19 heavy (non-hydrogen) atoms. The zero-order valence-electron chi connectivity index (χ0n) is 10.5. The molecular weight excluding hydrogens is 276 g/mol. The van der Waals surface area contributed by atoms with Crippen LogP contribution in [0.4, 0.5) is 8.78 Å². The van der Waals surface area contributed by atoms with Gasteiger partial charge in [0.2, 0.25) is 10.0 Å². The maximum atomic E-state index is 13.1. The molecule has 0 saturated heterocycles. The fraction of sp³-hybridized carbons (Fsp3) is 0.364. The van der Waals surface area contributed by atoms with Gasteiger partial charge in [0.05, 0.1) is 10.7 Å². The van der Waals surface area contributed by atoms with E-state index in [1.807, 2.05) is 0 Å². The standard InChI is InChI=1S/C11H15F2N3O2S/c1-7(11(14)15)6-16(2)19(17,18)8-3-4-9(12)10(13)5-8/h3-5,7H,6H2,1-2H3,(H3,14,15). The van der Waals surface area contributed by atoms with Gasteiger partial charge in [-0.05, 0) is 18.2 Å². The second kappa shape index (κ2) is 5.62. The highest BCUT2D eigenvalue weighted by Crippen LogP contribution is 2.18. The lowest BCUT2D eigenvalue weighted by molar-refractivity contribution is 0.441. The van der Waals surface area contributed by atoms with E-state index >= 15 is 0 Å². The number of nitrogens with zero attached hydrogens (tertiary/aromatic N) is 1. The van der Waals surface area contributed by atoms with Crippen LogP contribution in [-0.2, 0) is 10.0 Å². The van der Waals surface area contributed by atoms with Gasteiger partial charge in [0.25, 0.3) is 0 Å². The Bertz CT molecular complexity index is 590. The van der Waals surface area contributed by atoms with E-state index in [1.54, 1.807) is 6.92 Å². The molecule has 0 fully saturated rings. The largest absolute Gasteiger partial charge is 0.387 e. The number of benzene rings is 1. The maximum Gasteiger partial charge on any atom is 0.242 e. The van der Waals surface area contributed by atoms with E-state index in [0.717, 1.165) is 16.4 Å². The smallest absolute Gasteiger partial charge is 0.242 e. The number of halogens is 2. The number of hydrogen-bond donors (Lipinski definition) is 2. The van der Waals surface area contributed by atoms with Gasteiger partial charge in [-0.25, -0.2) is 21.5 Å². The number of nitrogens with one attached hydrogen (secondary N) is 1. The third-order valence-electron chi connectivity index (χ3n) is 2.66. The van der Waals surface area contributed by atoms with Crippen molar-refractivity contribution >= 4 is 15.9 Å². The van der Waals surface area contributed by atoms with Gasteiger partial charge in [-0.2, -0.15) is 0 Å². The Morgan fingerprint density at radius 1 is 1.42 bits per heavy atom. The first kappa shape index (κ1) is 15.5. The molecule has 0 heterocycles. The van der Waals surface area contributed by atoms with Gasteiger partial charge >= 0.3 is 0 Å². The fourth-order valence-corrected chi connectivity index (χ4v) is 2.67. The number of nitrogens with two attached hydrogens (primary N) is 1. The topological polar surface area (TPSA) is 87.2 Å². The van der Waals surface area contributed by atoms with E-state index in [4.69, 9.17) is 11.1 Å². The molecular formula is C11H15F2N3O2S. The molecule has 1 unspecified atom stereocenters. The van der Waals surface area contributed by atoms with Gasteiger partial charge in [-0.15, -0.1) is 0 Å². The lowest BCUT2D eigenvalue weighted by Crippen LogP contribution is -2.35. The van der Waals surface area contributed by atoms with Crippen LogP contribution in [0.1, 0.15) is 6.92 Å². The van der Waals surface area contributed by atoms with Crippen LogP contribution < -0.4 is 5.73 Å². The van der Waals surface area contributed by atoms with E-state index < -0.39 is 27.6 Å². The van der Waals surface area contributed by atoms with E-state index in [2.05, 4.69) is 0 Å². The van der Waals surface area contributed by atoms with Crippen molar-refractivity contribution in [2.45, 2.75) is 11.8 Å². The zero-order valence-corrected chi connectivity index (χ0v) is 11.3. The molecule has 0 aliphatic carbocycles. The van der Waals surface area contributed by atoms with Crippen molar-refractivity contribution in [2.24, 2.45) is 11.7 Å². The Morgan fingerprint density at radius 2 is 2.00 bits per heavy atom. The molecule has 1 aromatic carbocycles. The first-order valence-electron chi connectivity index (χ1n) is 5.41. The fourth-order valence-electron chi connectivity index (χ4n) is 1.40. The molecule has 0 aliphatic rings. The number of amidine groups is 1. The van der Waals surface area contributed by atoms with Crippen LogP contribution in [0.15, 0.2) is 23.1 Å². The SMILES string of the molecule is CC(CN(C)S(=O)(=O)c1ccc(F)c(F)c1)C(=N)N. The van der Waals surface area contributed by atoms with Gasteiger partial charge in [0.1, 0.15) is 0 Å². The van der Waals surface area contributed by atoms with Crippen LogP contribution in [0.5, 0.6) is 0 Å². The molecule has 1 rings (SSSR count). The highest BCUT2D eigenvalue weighted by molar-refractivity contribution is 7.89. The molecule has 5 nitrogen and oxygen atoms in total. The molecule has 0 saturated carbocycles. The molecule has 8 heteroatoms. The summed E-state index contributed by atoms with van der Waals surface area (Å²) in [6.45, 7) is 1.58. The lowest BCUT2D eigenvalue weighted by atomic mass is 10.2. The summed E-state index contributed by atoms with van der Waals surface area (Å²) in [4.78, 5) is -0.343. The Balaban J connectivity index is 3.03. The van der Waals surface area contributed by atoms with Crippen molar-refractivity contribution in [1.82, 2.24) is 4.31 Å². The van der Waals surface area contributed by atoms with Crippen LogP contribution in [0, 0.1) is 23.0 Å². The van der Waals surface area contributed by atoms with Crippen LogP contribution in [-0.4, -0.2) is 32.2 Å². The Labute approximate surface area is 110 Å². The zero-order chi connectivity index (χ0) is 14.8. The lowest BCUT2D eigenvalue weighted by Gasteiger charge is -2.20. The van der Waals surface area contributed by atoms with Gasteiger partial charge in [-0.3, -0.25) is 5.41 Å². The van der Waals surface area contributed by atoms with Gasteiger partial charge < -0.3 is 5.73 Å². The molecule has 106 valence electrons. The number of hydrogen-bond acceptors (Lipinski definition) is 3. The van der Waals surface area contributed by atoms with Gasteiger partial charge in [0.15, 0.2) is 11.6 Å². The van der Waals surface area contributed by atoms with Crippen molar-refractivity contribution in [3.05, 3.63) is 29.8 Å². The maximum absolute atomic E-state index is 13.1. The average molecular weight is 291 g/mol. The Morgan fingerprint density at radius 3 is 2.47 bits per heavy atom. The molecule has 1 aromatic rings. The van der Waals surface area contributed by atoms with Crippen molar-refractivity contribution in [3.63, 3.8) is 0 Å². The molecule has 0 radical (unpaired) electrons. The van der Waals surface area contributed by atoms with Gasteiger partial charge in [0, 0.05) is 19.5 Å². The Kier molecular flexibility index (Phi) is 4.59. The summed E-state index contributed by atoms with van der Waals surface area (Å²) in [6.07, 6.45) is 0. The van der Waals surface area contributed by atoms with Gasteiger partial charge in [-0.1, -0.05) is 6.92 Å². The number of sulfonamides is 1. The molecule has 0 spiro atoms. The van der Waals surface area contributed by atoms with E-state index in [1.165, 1.54) is 7.05 Å². The Hall–Kier alpha value is -1.54. The first-order valence-corrected chi connectivity index (χ1v) is 6.85. The van der Waals surface area contributed by atoms with Crippen molar-refractivity contribution in [2.75, 3.05) is 13.6 Å². The predicted octanol–water partition coefficient (Wildman–Crippen LogP) is 1.16. The highest BCUT2D eigenvalue weighted by Gasteiger charge is 2.24. The third kappa shape index (κ3) is 3.48. The molecule has 0 aliphatic heterocycles. The average Bonchev–Trinajstić information content (AvgIpc) is 2.32. The van der Waals surface area contributed by atoms with Crippen molar-refractivity contribution in [1.29, 1.82) is 5.41 Å². The first-order chi connectivity index (χ1) is 8.66. The predicted molar refractivity (Wildman–Crippen MR) is 67.3 cm³/mol. The summed E-state index contributed by atoms with van der Waals surface area (Å²) in [5, 5.41) is 7.21. The second-order valence-corrected chi connectivity index (χ2v) is 6.26. The van der Waals surface area contributed by atoms with Crippen molar-refractivity contribution < 1.29 is 17.2 Å². The minimum absolute atomic E-state index is 0.0172. The number of rotatable bonds is 5. The van der Waals surface area contributed by atoms with E-state index in [0.29, 0.717) is 6.07 Å². The van der Waals surface area contributed by atoms with Crippen LogP contribution in [0.25, 0.3) is 0 Å². The van der Waals surface area contributed by atoms with Crippen molar-refractivity contribution in [3.8, 4) is 0 Å². The molecule has 0 amide bonds. The molecule has 0 bridgehead atoms. The molecule has 3 N–H and O–H groups in total. The monoisotopic (exact) mass is 291 g/mol. The quantitative estimate of drug-likeness (QED) is 0.630. The summed E-state index contributed by atoms with van der Waals surface area (Å²) in [5.74, 6) is -2.95. The second-order valence-electron chi connectivity index (χ2n) is 4.22. The summed E-state index contributed by atoms with van der Waals surface area (Å²) in [6, 6.07) is 2.37. The summed E-state index contributed by atoms with van der Waals surface area (Å²) in [7, 11) is -2.64. The summed E-state index contributed by atoms with van der Waals surface area (Å²) < 4.78 is 50.9. The minimum Gasteiger partial charge on any atom is -0.387 e. The van der Waals surface area contributed by atoms with Crippen LogP contribution in [0.2, 0.25) is 0 Å². The normalized spacial score (nSPS) is 13.5. The summed E-state index contributed by atoms with van der Waals surface area (Å²) >= 11 is 0. The van der Waals surface area contributed by atoms with E-state index in [9.17, 15) is 17.2 Å². The summed E-state index contributed by atoms with van der Waals surface area (Å²) in [5.41, 5.74) is 5.26. The molecule has 1 atom stereocenters. The third-order valence-corrected chi connectivity index (χ3v) is 4.48. The van der Waals surface area contributed by atoms with Crippen LogP contribution in [0.3, 0.4) is 0 Å². The molecule has 0 aromatic heterocycles.